The monoisotopic (exact) mass is 383 g/mol. The SMILES string of the molecule is COC(=O)C1C[C@H](C)CN1CC(c1ccc(OC)cc1)c1ccc(OC)cc1. The molecule has 1 saturated heterocycles. The summed E-state index contributed by atoms with van der Waals surface area (Å²) in [6.07, 6.45) is 0.838. The van der Waals surface area contributed by atoms with Crippen molar-refractivity contribution < 1.29 is 19.0 Å². The molecule has 0 bridgehead atoms. The van der Waals surface area contributed by atoms with Crippen molar-refractivity contribution in [2.24, 2.45) is 5.92 Å². The molecule has 0 radical (unpaired) electrons. The van der Waals surface area contributed by atoms with Crippen molar-refractivity contribution in [1.82, 2.24) is 4.90 Å². The van der Waals surface area contributed by atoms with Gasteiger partial charge < -0.3 is 14.2 Å². The van der Waals surface area contributed by atoms with Crippen LogP contribution in [0.2, 0.25) is 0 Å². The maximum Gasteiger partial charge on any atom is 0.323 e. The van der Waals surface area contributed by atoms with Crippen LogP contribution in [0.5, 0.6) is 11.5 Å². The number of benzene rings is 2. The first kappa shape index (κ1) is 20.2. The lowest BCUT2D eigenvalue weighted by Crippen LogP contribution is -2.39. The van der Waals surface area contributed by atoms with Gasteiger partial charge in [0, 0.05) is 19.0 Å². The van der Waals surface area contributed by atoms with Crippen molar-refractivity contribution in [2.75, 3.05) is 34.4 Å². The van der Waals surface area contributed by atoms with Gasteiger partial charge in [0.25, 0.3) is 0 Å². The van der Waals surface area contributed by atoms with E-state index in [0.717, 1.165) is 31.0 Å². The maximum atomic E-state index is 12.3. The minimum Gasteiger partial charge on any atom is -0.497 e. The van der Waals surface area contributed by atoms with Gasteiger partial charge in [-0.15, -0.1) is 0 Å². The third-order valence-electron chi connectivity index (χ3n) is 5.54. The first-order chi connectivity index (χ1) is 13.5. The molecule has 1 unspecified atom stereocenters. The molecule has 2 aromatic rings. The summed E-state index contributed by atoms with van der Waals surface area (Å²) in [7, 11) is 4.80. The molecule has 2 atom stereocenters. The average Bonchev–Trinajstić information content (AvgIpc) is 3.12. The van der Waals surface area contributed by atoms with E-state index in [0.29, 0.717) is 5.92 Å². The van der Waals surface area contributed by atoms with E-state index in [-0.39, 0.29) is 17.9 Å². The van der Waals surface area contributed by atoms with Gasteiger partial charge in [0.2, 0.25) is 0 Å². The Morgan fingerprint density at radius 3 is 1.89 bits per heavy atom. The van der Waals surface area contributed by atoms with Gasteiger partial charge in [0.1, 0.15) is 17.5 Å². The molecule has 1 aliphatic heterocycles. The van der Waals surface area contributed by atoms with Gasteiger partial charge in [0.15, 0.2) is 0 Å². The number of nitrogens with zero attached hydrogens (tertiary/aromatic N) is 1. The van der Waals surface area contributed by atoms with E-state index in [2.05, 4.69) is 36.1 Å². The molecule has 0 spiro atoms. The van der Waals surface area contributed by atoms with Crippen molar-refractivity contribution in [2.45, 2.75) is 25.3 Å². The molecular weight excluding hydrogens is 354 g/mol. The number of methoxy groups -OCH3 is 3. The second-order valence-electron chi connectivity index (χ2n) is 7.43. The van der Waals surface area contributed by atoms with Crippen LogP contribution in [0.15, 0.2) is 48.5 Å². The highest BCUT2D eigenvalue weighted by Gasteiger charge is 2.37. The summed E-state index contributed by atoms with van der Waals surface area (Å²) >= 11 is 0. The van der Waals surface area contributed by atoms with Crippen molar-refractivity contribution in [3.8, 4) is 11.5 Å². The van der Waals surface area contributed by atoms with Crippen LogP contribution in [-0.2, 0) is 9.53 Å². The minimum absolute atomic E-state index is 0.134. The molecule has 1 heterocycles. The van der Waals surface area contributed by atoms with Gasteiger partial charge in [0.05, 0.1) is 21.3 Å². The molecule has 28 heavy (non-hydrogen) atoms. The number of hydrogen-bond donors (Lipinski definition) is 0. The van der Waals surface area contributed by atoms with E-state index >= 15 is 0 Å². The highest BCUT2D eigenvalue weighted by molar-refractivity contribution is 5.76. The normalized spacial score (nSPS) is 19.6. The lowest BCUT2D eigenvalue weighted by Gasteiger charge is -2.28. The zero-order valence-electron chi connectivity index (χ0n) is 17.1. The van der Waals surface area contributed by atoms with Gasteiger partial charge in [-0.3, -0.25) is 9.69 Å². The molecule has 1 fully saturated rings. The number of ether oxygens (including phenoxy) is 3. The maximum absolute atomic E-state index is 12.3. The quantitative estimate of drug-likeness (QED) is 0.682. The molecule has 150 valence electrons. The molecule has 5 nitrogen and oxygen atoms in total. The summed E-state index contributed by atoms with van der Waals surface area (Å²) in [5, 5.41) is 0. The zero-order chi connectivity index (χ0) is 20.1. The van der Waals surface area contributed by atoms with E-state index < -0.39 is 0 Å². The van der Waals surface area contributed by atoms with Gasteiger partial charge in [-0.1, -0.05) is 31.2 Å². The van der Waals surface area contributed by atoms with Gasteiger partial charge in [-0.05, 0) is 47.7 Å². The Labute approximate surface area is 167 Å². The number of hydrogen-bond acceptors (Lipinski definition) is 5. The van der Waals surface area contributed by atoms with Crippen molar-refractivity contribution in [1.29, 1.82) is 0 Å². The van der Waals surface area contributed by atoms with Crippen LogP contribution in [0.25, 0.3) is 0 Å². The van der Waals surface area contributed by atoms with Gasteiger partial charge in [-0.25, -0.2) is 0 Å². The Kier molecular flexibility index (Phi) is 6.57. The van der Waals surface area contributed by atoms with Crippen LogP contribution in [0.4, 0.5) is 0 Å². The fourth-order valence-electron chi connectivity index (χ4n) is 4.03. The average molecular weight is 383 g/mol. The van der Waals surface area contributed by atoms with Crippen LogP contribution < -0.4 is 9.47 Å². The van der Waals surface area contributed by atoms with Gasteiger partial charge >= 0.3 is 5.97 Å². The van der Waals surface area contributed by atoms with Crippen molar-refractivity contribution in [3.05, 3.63) is 59.7 Å². The zero-order valence-corrected chi connectivity index (χ0v) is 17.1. The summed E-state index contributed by atoms with van der Waals surface area (Å²) in [5.74, 6) is 2.12. The Balaban J connectivity index is 1.91. The fourth-order valence-corrected chi connectivity index (χ4v) is 4.03. The molecule has 0 saturated carbocycles. The van der Waals surface area contributed by atoms with E-state index in [4.69, 9.17) is 14.2 Å². The largest absolute Gasteiger partial charge is 0.497 e. The Morgan fingerprint density at radius 2 is 1.46 bits per heavy atom. The summed E-state index contributed by atoms with van der Waals surface area (Å²) in [6.45, 7) is 3.83. The fraction of sp³-hybridized carbons (Fsp3) is 0.435. The molecule has 0 aromatic heterocycles. The van der Waals surface area contributed by atoms with E-state index in [1.54, 1.807) is 14.2 Å². The molecule has 1 aliphatic rings. The summed E-state index contributed by atoms with van der Waals surface area (Å²) in [5.41, 5.74) is 2.38. The Hall–Kier alpha value is -2.53. The van der Waals surface area contributed by atoms with E-state index in [1.165, 1.54) is 18.2 Å². The topological polar surface area (TPSA) is 48.0 Å². The lowest BCUT2D eigenvalue weighted by atomic mass is 9.90. The first-order valence-corrected chi connectivity index (χ1v) is 9.65. The highest BCUT2D eigenvalue weighted by atomic mass is 16.5. The van der Waals surface area contributed by atoms with Crippen molar-refractivity contribution >= 4 is 5.97 Å². The number of likely N-dealkylation sites (tertiary alicyclic amines) is 1. The van der Waals surface area contributed by atoms with Crippen LogP contribution >= 0.6 is 0 Å². The molecular formula is C23H29NO4. The van der Waals surface area contributed by atoms with E-state index in [1.807, 2.05) is 24.3 Å². The standard InChI is InChI=1S/C23H29NO4/c1-16-13-22(23(25)28-4)24(14-16)15-21(17-5-9-19(26-2)10-6-17)18-7-11-20(27-3)12-8-18/h5-12,16,21-22H,13-15H2,1-4H3/t16-,22?/m0/s1. The van der Waals surface area contributed by atoms with Crippen molar-refractivity contribution in [3.63, 3.8) is 0 Å². The third-order valence-corrected chi connectivity index (χ3v) is 5.54. The molecule has 0 N–H and O–H groups in total. The summed E-state index contributed by atoms with van der Waals surface area (Å²) in [6, 6.07) is 16.1. The summed E-state index contributed by atoms with van der Waals surface area (Å²) in [4.78, 5) is 14.6. The molecule has 5 heteroatoms. The van der Waals surface area contributed by atoms with Crippen LogP contribution in [0, 0.1) is 5.92 Å². The summed E-state index contributed by atoms with van der Waals surface area (Å²) < 4.78 is 15.7. The number of esters is 1. The molecule has 2 aromatic carbocycles. The van der Waals surface area contributed by atoms with Crippen LogP contribution in [-0.4, -0.2) is 51.3 Å². The second kappa shape index (κ2) is 9.11. The highest BCUT2D eigenvalue weighted by Crippen LogP contribution is 2.32. The lowest BCUT2D eigenvalue weighted by molar-refractivity contribution is -0.145. The molecule has 0 amide bonds. The third kappa shape index (κ3) is 4.47. The Morgan fingerprint density at radius 1 is 0.964 bits per heavy atom. The number of carbonyl (C=O) groups excluding carboxylic acids is 1. The molecule has 3 rings (SSSR count). The second-order valence-corrected chi connectivity index (χ2v) is 7.43. The van der Waals surface area contributed by atoms with E-state index in [9.17, 15) is 4.79 Å². The van der Waals surface area contributed by atoms with Crippen LogP contribution in [0.1, 0.15) is 30.4 Å². The predicted molar refractivity (Wildman–Crippen MR) is 109 cm³/mol. The Bertz CT molecular complexity index is 725. The minimum atomic E-state index is -0.181. The van der Waals surface area contributed by atoms with Gasteiger partial charge in [-0.2, -0.15) is 0 Å². The number of rotatable bonds is 7. The predicted octanol–water partition coefficient (Wildman–Crippen LogP) is 3.72. The van der Waals surface area contributed by atoms with Crippen LogP contribution in [0.3, 0.4) is 0 Å². The molecule has 0 aliphatic carbocycles. The first-order valence-electron chi connectivity index (χ1n) is 9.65. The number of carbonyl (C=O) groups is 1. The smallest absolute Gasteiger partial charge is 0.323 e.